The fourth-order valence-corrected chi connectivity index (χ4v) is 9.13. The van der Waals surface area contributed by atoms with Crippen LogP contribution in [-0.4, -0.2) is 61.3 Å². The van der Waals surface area contributed by atoms with E-state index in [1.54, 1.807) is 0 Å². The van der Waals surface area contributed by atoms with Gasteiger partial charge in [0.1, 0.15) is 13.1 Å². The standard InChI is InChI=1S/C50H106N2/c1-7-13-19-25-31-37-43-51(44-38-32-26-20-14-8-2,45-39-33-27-21-15-9-3)49-50-52(46-40-34-28-22-16-10-4,47-41-35-29-23-17-11-5)48-42-36-30-24-18-12-6/h7-50H2,1-6H3/q+2. The van der Waals surface area contributed by atoms with Crippen LogP contribution in [0.4, 0.5) is 0 Å². The van der Waals surface area contributed by atoms with Crippen LogP contribution in [-0.2, 0) is 0 Å². The Labute approximate surface area is 333 Å². The molecule has 0 N–H and O–H groups in total. The van der Waals surface area contributed by atoms with E-state index in [4.69, 9.17) is 0 Å². The molecule has 0 amide bonds. The molecule has 0 saturated carbocycles. The maximum absolute atomic E-state index is 2.37. The summed E-state index contributed by atoms with van der Waals surface area (Å²) in [5.41, 5.74) is 0. The molecule has 0 aliphatic heterocycles. The zero-order chi connectivity index (χ0) is 38.1. The van der Waals surface area contributed by atoms with Crippen molar-refractivity contribution in [3.63, 3.8) is 0 Å². The van der Waals surface area contributed by atoms with E-state index < -0.39 is 0 Å². The summed E-state index contributed by atoms with van der Waals surface area (Å²) < 4.78 is 2.94. The summed E-state index contributed by atoms with van der Waals surface area (Å²) in [6.07, 6.45) is 52.1. The van der Waals surface area contributed by atoms with E-state index in [-0.39, 0.29) is 0 Å². The van der Waals surface area contributed by atoms with E-state index >= 15 is 0 Å². The van der Waals surface area contributed by atoms with Crippen molar-refractivity contribution >= 4 is 0 Å². The Kier molecular flexibility index (Phi) is 40.5. The zero-order valence-electron chi connectivity index (χ0n) is 38.0. The minimum absolute atomic E-state index is 1.37. The number of quaternary nitrogens is 2. The normalized spacial score (nSPS) is 12.3. The molecule has 0 aliphatic rings. The number of unbranched alkanes of at least 4 members (excludes halogenated alkanes) is 30. The van der Waals surface area contributed by atoms with Crippen LogP contribution in [0.1, 0.15) is 273 Å². The topological polar surface area (TPSA) is 0 Å². The van der Waals surface area contributed by atoms with Crippen molar-refractivity contribution in [3.05, 3.63) is 0 Å². The molecule has 0 heterocycles. The van der Waals surface area contributed by atoms with Gasteiger partial charge in [0, 0.05) is 0 Å². The van der Waals surface area contributed by atoms with E-state index in [0.717, 1.165) is 0 Å². The lowest BCUT2D eigenvalue weighted by Gasteiger charge is -2.45. The maximum atomic E-state index is 2.37. The summed E-state index contributed by atoms with van der Waals surface area (Å²) in [5, 5.41) is 0. The summed E-state index contributed by atoms with van der Waals surface area (Å²) in [4.78, 5) is 0. The van der Waals surface area contributed by atoms with Crippen molar-refractivity contribution in [2.24, 2.45) is 0 Å². The van der Waals surface area contributed by atoms with Crippen LogP contribution in [0, 0.1) is 0 Å². The van der Waals surface area contributed by atoms with Crippen LogP contribution >= 0.6 is 0 Å². The van der Waals surface area contributed by atoms with Crippen molar-refractivity contribution in [2.75, 3.05) is 52.4 Å². The molecule has 0 atom stereocenters. The first-order chi connectivity index (χ1) is 25.6. The van der Waals surface area contributed by atoms with Crippen LogP contribution in [0.25, 0.3) is 0 Å². The Balaban J connectivity index is 6.17. The van der Waals surface area contributed by atoms with Gasteiger partial charge in [-0.25, -0.2) is 0 Å². The molecular formula is C50H106N2+2. The quantitative estimate of drug-likeness (QED) is 0.0432. The van der Waals surface area contributed by atoms with Crippen LogP contribution in [0.5, 0.6) is 0 Å². The molecule has 0 bridgehead atoms. The fraction of sp³-hybridized carbons (Fsp3) is 1.00. The van der Waals surface area contributed by atoms with Crippen molar-refractivity contribution < 1.29 is 8.97 Å². The molecule has 2 nitrogen and oxygen atoms in total. The van der Waals surface area contributed by atoms with Crippen molar-refractivity contribution in [1.82, 2.24) is 0 Å². The second kappa shape index (κ2) is 40.6. The van der Waals surface area contributed by atoms with Crippen LogP contribution in [0.2, 0.25) is 0 Å². The van der Waals surface area contributed by atoms with Gasteiger partial charge in [0.25, 0.3) is 0 Å². The first kappa shape index (κ1) is 51.9. The summed E-state index contributed by atoms with van der Waals surface area (Å²) in [7, 11) is 0. The van der Waals surface area contributed by atoms with Gasteiger partial charge >= 0.3 is 0 Å². The zero-order valence-corrected chi connectivity index (χ0v) is 38.0. The lowest BCUT2D eigenvalue weighted by atomic mass is 10.0. The smallest absolute Gasteiger partial charge is 0.128 e. The molecular weight excluding hydrogens is 629 g/mol. The van der Waals surface area contributed by atoms with E-state index in [9.17, 15) is 0 Å². The molecule has 0 aromatic rings. The van der Waals surface area contributed by atoms with Gasteiger partial charge in [0.2, 0.25) is 0 Å². The third kappa shape index (κ3) is 32.2. The highest BCUT2D eigenvalue weighted by Crippen LogP contribution is 2.24. The lowest BCUT2D eigenvalue weighted by Crippen LogP contribution is -2.59. The van der Waals surface area contributed by atoms with Gasteiger partial charge in [-0.2, -0.15) is 0 Å². The Bertz CT molecular complexity index is 521. The van der Waals surface area contributed by atoms with Gasteiger partial charge in [0.15, 0.2) is 0 Å². The van der Waals surface area contributed by atoms with E-state index in [2.05, 4.69) is 41.5 Å². The lowest BCUT2D eigenvalue weighted by molar-refractivity contribution is -0.981. The van der Waals surface area contributed by atoms with Crippen molar-refractivity contribution in [3.8, 4) is 0 Å². The number of nitrogens with zero attached hydrogens (tertiary/aromatic N) is 2. The highest BCUT2D eigenvalue weighted by Gasteiger charge is 2.34. The predicted octanol–water partition coefficient (Wildman–Crippen LogP) is 16.8. The fourth-order valence-electron chi connectivity index (χ4n) is 9.13. The number of hydrogen-bond donors (Lipinski definition) is 0. The number of rotatable bonds is 45. The van der Waals surface area contributed by atoms with Crippen molar-refractivity contribution in [2.45, 2.75) is 273 Å². The molecule has 0 radical (unpaired) electrons. The molecule has 0 aliphatic carbocycles. The molecule has 0 unspecified atom stereocenters. The summed E-state index contributed by atoms with van der Waals surface area (Å²) in [6, 6.07) is 0. The third-order valence-corrected chi connectivity index (χ3v) is 13.0. The molecule has 0 spiro atoms. The van der Waals surface area contributed by atoms with Crippen LogP contribution < -0.4 is 0 Å². The third-order valence-electron chi connectivity index (χ3n) is 13.0. The average Bonchev–Trinajstić information content (AvgIpc) is 3.15. The Morgan fingerprint density at radius 1 is 0.154 bits per heavy atom. The van der Waals surface area contributed by atoms with E-state index in [0.29, 0.717) is 0 Å². The highest BCUT2D eigenvalue weighted by molar-refractivity contribution is 4.58. The SMILES string of the molecule is CCCCCCCC[N+](CCCCCCCC)(CCCCCCCC)CC[N+](CCCCCCCC)(CCCCCCCC)CCCCCCCC. The maximum Gasteiger partial charge on any atom is 0.128 e. The second-order valence-electron chi connectivity index (χ2n) is 18.1. The van der Waals surface area contributed by atoms with Gasteiger partial charge in [-0.15, -0.1) is 0 Å². The Morgan fingerprint density at radius 2 is 0.288 bits per heavy atom. The second-order valence-corrected chi connectivity index (χ2v) is 18.1. The van der Waals surface area contributed by atoms with Gasteiger partial charge in [-0.1, -0.05) is 196 Å². The molecule has 0 rings (SSSR count). The largest absolute Gasteiger partial charge is 0.319 e. The summed E-state index contributed by atoms with van der Waals surface area (Å²) >= 11 is 0. The molecule has 314 valence electrons. The minimum Gasteiger partial charge on any atom is -0.319 e. The molecule has 0 fully saturated rings. The first-order valence-corrected chi connectivity index (χ1v) is 25.3. The molecule has 0 saturated heterocycles. The number of hydrogen-bond acceptors (Lipinski definition) is 0. The van der Waals surface area contributed by atoms with Crippen LogP contribution in [0.3, 0.4) is 0 Å². The van der Waals surface area contributed by atoms with Gasteiger partial charge in [-0.05, 0) is 77.0 Å². The van der Waals surface area contributed by atoms with Crippen LogP contribution in [0.15, 0.2) is 0 Å². The Morgan fingerprint density at radius 3 is 0.442 bits per heavy atom. The first-order valence-electron chi connectivity index (χ1n) is 25.3. The van der Waals surface area contributed by atoms with E-state index in [1.165, 1.54) is 292 Å². The molecule has 52 heavy (non-hydrogen) atoms. The monoisotopic (exact) mass is 735 g/mol. The van der Waals surface area contributed by atoms with Gasteiger partial charge in [0.05, 0.1) is 39.3 Å². The van der Waals surface area contributed by atoms with Gasteiger partial charge < -0.3 is 8.97 Å². The molecule has 2 heteroatoms. The van der Waals surface area contributed by atoms with Crippen molar-refractivity contribution in [1.29, 1.82) is 0 Å². The molecule has 0 aromatic carbocycles. The highest BCUT2D eigenvalue weighted by atomic mass is 15.4. The predicted molar refractivity (Wildman–Crippen MR) is 240 cm³/mol. The summed E-state index contributed by atoms with van der Waals surface area (Å²) in [5.74, 6) is 0. The van der Waals surface area contributed by atoms with E-state index in [1.807, 2.05) is 0 Å². The molecule has 0 aromatic heterocycles. The minimum atomic E-state index is 1.37. The average molecular weight is 735 g/mol. The Hall–Kier alpha value is -0.0800. The van der Waals surface area contributed by atoms with Gasteiger partial charge in [-0.3, -0.25) is 0 Å². The summed E-state index contributed by atoms with van der Waals surface area (Å²) in [6.45, 7) is 26.0.